The molecule has 0 saturated heterocycles. The molecule has 0 aliphatic heterocycles. The van der Waals surface area contributed by atoms with Crippen molar-refractivity contribution in [3.05, 3.63) is 0 Å². The topological polar surface area (TPSA) is 55.4 Å². The molecule has 4 nitrogen and oxygen atoms in total. The van der Waals surface area contributed by atoms with E-state index in [0.717, 1.165) is 12.3 Å². The van der Waals surface area contributed by atoms with E-state index in [4.69, 9.17) is 4.74 Å². The minimum Gasteiger partial charge on any atom is -0.467 e. The highest BCUT2D eigenvalue weighted by molar-refractivity contribution is 5.86. The van der Waals surface area contributed by atoms with Gasteiger partial charge < -0.3 is 10.1 Å². The van der Waals surface area contributed by atoms with Crippen LogP contribution in [-0.2, 0) is 14.3 Å². The summed E-state index contributed by atoms with van der Waals surface area (Å²) in [5, 5.41) is 2.88. The Morgan fingerprint density at radius 3 is 2.39 bits per heavy atom. The molecule has 2 aliphatic carbocycles. The van der Waals surface area contributed by atoms with Gasteiger partial charge in [-0.05, 0) is 37.0 Å². The van der Waals surface area contributed by atoms with Crippen LogP contribution >= 0.6 is 0 Å². The molecule has 2 saturated carbocycles. The zero-order valence-corrected chi connectivity index (χ0v) is 11.4. The van der Waals surface area contributed by atoms with Gasteiger partial charge in [-0.3, -0.25) is 4.79 Å². The first-order valence-electron chi connectivity index (χ1n) is 6.91. The maximum atomic E-state index is 12.3. The molecule has 0 spiro atoms. The van der Waals surface area contributed by atoms with E-state index in [1.54, 1.807) is 0 Å². The van der Waals surface area contributed by atoms with Crippen LogP contribution in [0.4, 0.5) is 0 Å². The van der Waals surface area contributed by atoms with Crippen molar-refractivity contribution in [2.24, 2.45) is 23.7 Å². The summed E-state index contributed by atoms with van der Waals surface area (Å²) in [7, 11) is 1.36. The number of ether oxygens (including phenoxy) is 1. The third-order valence-electron chi connectivity index (χ3n) is 4.49. The average molecular weight is 253 g/mol. The van der Waals surface area contributed by atoms with Gasteiger partial charge in [-0.25, -0.2) is 4.79 Å². The maximum Gasteiger partial charge on any atom is 0.328 e. The Kier molecular flexibility index (Phi) is 3.93. The van der Waals surface area contributed by atoms with Gasteiger partial charge in [0.15, 0.2) is 0 Å². The Morgan fingerprint density at radius 1 is 1.22 bits per heavy atom. The second kappa shape index (κ2) is 5.29. The zero-order chi connectivity index (χ0) is 13.3. The van der Waals surface area contributed by atoms with Crippen LogP contribution in [-0.4, -0.2) is 25.0 Å². The summed E-state index contributed by atoms with van der Waals surface area (Å²) in [5.74, 6) is 1.16. The fourth-order valence-electron chi connectivity index (χ4n) is 3.45. The number of esters is 1. The van der Waals surface area contributed by atoms with Crippen LogP contribution in [0.3, 0.4) is 0 Å². The Balaban J connectivity index is 1.95. The van der Waals surface area contributed by atoms with Gasteiger partial charge in [0, 0.05) is 5.92 Å². The number of carbonyl (C=O) groups excluding carboxylic acids is 2. The summed E-state index contributed by atoms with van der Waals surface area (Å²) < 4.78 is 4.75. The number of methoxy groups -OCH3 is 1. The molecule has 2 fully saturated rings. The van der Waals surface area contributed by atoms with Crippen LogP contribution in [0.15, 0.2) is 0 Å². The van der Waals surface area contributed by atoms with Crippen LogP contribution < -0.4 is 5.32 Å². The summed E-state index contributed by atoms with van der Waals surface area (Å²) in [4.78, 5) is 23.9. The van der Waals surface area contributed by atoms with Gasteiger partial charge in [-0.15, -0.1) is 0 Å². The van der Waals surface area contributed by atoms with Crippen LogP contribution in [0.2, 0.25) is 0 Å². The molecule has 1 N–H and O–H groups in total. The van der Waals surface area contributed by atoms with Gasteiger partial charge in [0.1, 0.15) is 6.04 Å². The van der Waals surface area contributed by atoms with Crippen molar-refractivity contribution >= 4 is 11.9 Å². The molecule has 2 bridgehead atoms. The normalized spacial score (nSPS) is 31.4. The molecule has 102 valence electrons. The molecule has 0 aromatic carbocycles. The molecule has 4 heteroatoms. The lowest BCUT2D eigenvalue weighted by Gasteiger charge is -2.25. The number of nitrogens with one attached hydrogen (secondary N) is 1. The van der Waals surface area contributed by atoms with Gasteiger partial charge in [-0.2, -0.15) is 0 Å². The smallest absolute Gasteiger partial charge is 0.328 e. The van der Waals surface area contributed by atoms with Crippen molar-refractivity contribution in [3.8, 4) is 0 Å². The molecule has 2 rings (SSSR count). The lowest BCUT2D eigenvalue weighted by atomic mass is 9.87. The molecule has 4 unspecified atom stereocenters. The Labute approximate surface area is 108 Å². The lowest BCUT2D eigenvalue weighted by molar-refractivity contribution is -0.147. The van der Waals surface area contributed by atoms with Gasteiger partial charge in [0.05, 0.1) is 7.11 Å². The number of hydrogen-bond donors (Lipinski definition) is 1. The SMILES string of the molecule is COC(=O)C(NC(=O)C1CC2CCC1C2)C(C)C. The van der Waals surface area contributed by atoms with Gasteiger partial charge in [0.25, 0.3) is 0 Å². The van der Waals surface area contributed by atoms with Crippen molar-refractivity contribution in [1.29, 1.82) is 0 Å². The molecule has 2 aliphatic rings. The molecular weight excluding hydrogens is 230 g/mol. The van der Waals surface area contributed by atoms with E-state index < -0.39 is 6.04 Å². The fraction of sp³-hybridized carbons (Fsp3) is 0.857. The minimum atomic E-state index is -0.512. The Hall–Kier alpha value is -1.06. The van der Waals surface area contributed by atoms with Gasteiger partial charge in [-0.1, -0.05) is 20.3 Å². The second-order valence-electron chi connectivity index (χ2n) is 6.03. The van der Waals surface area contributed by atoms with Crippen LogP contribution in [0.5, 0.6) is 0 Å². The first kappa shape index (κ1) is 13.4. The molecule has 1 amide bonds. The minimum absolute atomic E-state index is 0.0475. The number of hydrogen-bond acceptors (Lipinski definition) is 3. The van der Waals surface area contributed by atoms with Crippen LogP contribution in [0, 0.1) is 23.7 Å². The second-order valence-corrected chi connectivity index (χ2v) is 6.03. The maximum absolute atomic E-state index is 12.3. The highest BCUT2D eigenvalue weighted by Gasteiger charge is 2.43. The third kappa shape index (κ3) is 2.52. The van der Waals surface area contributed by atoms with Gasteiger partial charge in [0.2, 0.25) is 5.91 Å². The quantitative estimate of drug-likeness (QED) is 0.776. The predicted octanol–water partition coefficient (Wildman–Crippen LogP) is 1.74. The molecule has 18 heavy (non-hydrogen) atoms. The number of fused-ring (bicyclic) bond motifs is 2. The van der Waals surface area contributed by atoms with Crippen molar-refractivity contribution in [2.45, 2.75) is 45.6 Å². The summed E-state index contributed by atoms with van der Waals surface area (Å²) in [6, 6.07) is -0.512. The summed E-state index contributed by atoms with van der Waals surface area (Å²) in [6.45, 7) is 3.84. The third-order valence-corrected chi connectivity index (χ3v) is 4.49. The summed E-state index contributed by atoms with van der Waals surface area (Å²) in [5.41, 5.74) is 0. The zero-order valence-electron chi connectivity index (χ0n) is 11.4. The van der Waals surface area contributed by atoms with E-state index in [9.17, 15) is 9.59 Å². The number of carbonyl (C=O) groups is 2. The molecule has 0 aromatic heterocycles. The fourth-order valence-corrected chi connectivity index (χ4v) is 3.45. The van der Waals surface area contributed by atoms with E-state index in [1.165, 1.54) is 26.4 Å². The van der Waals surface area contributed by atoms with Gasteiger partial charge >= 0.3 is 5.97 Å². The molecule has 0 heterocycles. The van der Waals surface area contributed by atoms with Crippen LogP contribution in [0.1, 0.15) is 39.5 Å². The van der Waals surface area contributed by atoms with Crippen molar-refractivity contribution in [2.75, 3.05) is 7.11 Å². The number of rotatable bonds is 4. The predicted molar refractivity (Wildman–Crippen MR) is 67.7 cm³/mol. The van der Waals surface area contributed by atoms with E-state index in [1.807, 2.05) is 13.8 Å². The largest absolute Gasteiger partial charge is 0.467 e. The summed E-state index contributed by atoms with van der Waals surface area (Å²) >= 11 is 0. The first-order valence-corrected chi connectivity index (χ1v) is 6.91. The van der Waals surface area contributed by atoms with Crippen molar-refractivity contribution < 1.29 is 14.3 Å². The molecular formula is C14H23NO3. The first-order chi connectivity index (χ1) is 8.52. The molecule has 0 aromatic rings. The highest BCUT2D eigenvalue weighted by atomic mass is 16.5. The monoisotopic (exact) mass is 253 g/mol. The summed E-state index contributed by atoms with van der Waals surface area (Å²) in [6.07, 6.45) is 4.65. The number of amides is 1. The van der Waals surface area contributed by atoms with Crippen molar-refractivity contribution in [1.82, 2.24) is 5.32 Å². The highest BCUT2D eigenvalue weighted by Crippen LogP contribution is 2.48. The van der Waals surface area contributed by atoms with Crippen molar-refractivity contribution in [3.63, 3.8) is 0 Å². The van der Waals surface area contributed by atoms with E-state index in [2.05, 4.69) is 5.32 Å². The Bertz CT molecular complexity index is 340. The standard InChI is InChI=1S/C14H23NO3/c1-8(2)12(14(17)18-3)15-13(16)11-7-9-4-5-10(11)6-9/h8-12H,4-7H2,1-3H3,(H,15,16). The molecule has 4 atom stereocenters. The van der Waals surface area contributed by atoms with E-state index >= 15 is 0 Å². The van der Waals surface area contributed by atoms with Crippen LogP contribution in [0.25, 0.3) is 0 Å². The molecule has 0 radical (unpaired) electrons. The van der Waals surface area contributed by atoms with E-state index in [0.29, 0.717) is 5.92 Å². The lowest BCUT2D eigenvalue weighted by Crippen LogP contribution is -2.48. The Morgan fingerprint density at radius 2 is 1.94 bits per heavy atom. The average Bonchev–Trinajstić information content (AvgIpc) is 2.96. The van der Waals surface area contributed by atoms with E-state index in [-0.39, 0.29) is 23.7 Å².